The Bertz CT molecular complexity index is 1150. The maximum Gasteiger partial charge on any atom is 0.257 e. The van der Waals surface area contributed by atoms with Crippen LogP contribution in [0.25, 0.3) is 22.2 Å². The van der Waals surface area contributed by atoms with E-state index in [2.05, 4.69) is 19.4 Å². The lowest BCUT2D eigenvalue weighted by molar-refractivity contribution is 0.0978. The average Bonchev–Trinajstić information content (AvgIpc) is 3.20. The minimum Gasteiger partial charge on any atom is -0.330 e. The van der Waals surface area contributed by atoms with E-state index in [1.54, 1.807) is 12.1 Å². The Morgan fingerprint density at radius 2 is 1.64 bits per heavy atom. The maximum absolute atomic E-state index is 12.5. The number of fused-ring (bicyclic) bond motifs is 1. The van der Waals surface area contributed by atoms with Gasteiger partial charge in [0.05, 0.1) is 17.4 Å². The molecule has 0 aliphatic rings. The Morgan fingerprint density at radius 1 is 0.929 bits per heavy atom. The Hall–Kier alpha value is -3.16. The smallest absolute Gasteiger partial charge is 0.257 e. The Balaban J connectivity index is 1.46. The second-order valence-electron chi connectivity index (χ2n) is 6.24. The van der Waals surface area contributed by atoms with Gasteiger partial charge in [-0.2, -0.15) is 8.75 Å². The number of amides is 1. The number of benzene rings is 3. The highest BCUT2D eigenvalue weighted by molar-refractivity contribution is 7.80. The van der Waals surface area contributed by atoms with Gasteiger partial charge in [-0.3, -0.25) is 10.1 Å². The first-order valence-electron chi connectivity index (χ1n) is 8.61. The third kappa shape index (κ3) is 3.76. The first kappa shape index (κ1) is 18.2. The highest BCUT2D eigenvalue weighted by Gasteiger charge is 2.13. The van der Waals surface area contributed by atoms with Gasteiger partial charge in [0.25, 0.3) is 5.91 Å². The molecule has 0 atom stereocenters. The minimum absolute atomic E-state index is 0.223. The van der Waals surface area contributed by atoms with Crippen LogP contribution in [0.5, 0.6) is 0 Å². The molecule has 0 unspecified atom stereocenters. The first-order valence-corrected chi connectivity index (χ1v) is 9.75. The van der Waals surface area contributed by atoms with Gasteiger partial charge in [-0.25, -0.2) is 0 Å². The number of carbonyl (C=O) groups excluding carboxylic acids is 1. The monoisotopic (exact) mass is 404 g/mol. The third-order valence-corrected chi connectivity index (χ3v) is 5.10. The fourth-order valence-corrected chi connectivity index (χ4v) is 3.61. The number of hydrogen-bond donors (Lipinski definition) is 2. The number of carbonyl (C=O) groups is 1. The van der Waals surface area contributed by atoms with Crippen LogP contribution < -0.4 is 10.6 Å². The molecule has 4 rings (SSSR count). The van der Waals surface area contributed by atoms with Crippen LogP contribution in [-0.4, -0.2) is 19.8 Å². The van der Waals surface area contributed by atoms with E-state index in [-0.39, 0.29) is 11.0 Å². The lowest BCUT2D eigenvalue weighted by atomic mass is 10.0. The molecule has 0 radical (unpaired) electrons. The minimum atomic E-state index is -0.265. The molecule has 0 aliphatic heterocycles. The summed E-state index contributed by atoms with van der Waals surface area (Å²) in [5.41, 5.74) is 5.97. The van der Waals surface area contributed by atoms with E-state index in [0.29, 0.717) is 5.56 Å². The molecule has 4 aromatic rings. The van der Waals surface area contributed by atoms with E-state index in [1.807, 2.05) is 61.5 Å². The largest absolute Gasteiger partial charge is 0.330 e. The lowest BCUT2D eigenvalue weighted by Crippen LogP contribution is -2.34. The molecule has 0 aliphatic carbocycles. The van der Waals surface area contributed by atoms with Crippen molar-refractivity contribution in [3.8, 4) is 11.1 Å². The van der Waals surface area contributed by atoms with Crippen LogP contribution in [0.1, 0.15) is 15.9 Å². The Labute approximate surface area is 171 Å². The van der Waals surface area contributed by atoms with Gasteiger partial charge in [0.1, 0.15) is 11.0 Å². The van der Waals surface area contributed by atoms with Crippen molar-refractivity contribution in [1.29, 1.82) is 0 Å². The van der Waals surface area contributed by atoms with Crippen molar-refractivity contribution in [2.45, 2.75) is 6.92 Å². The van der Waals surface area contributed by atoms with Crippen molar-refractivity contribution in [2.75, 3.05) is 5.32 Å². The van der Waals surface area contributed by atoms with Crippen LogP contribution in [0.3, 0.4) is 0 Å². The quantitative estimate of drug-likeness (QED) is 0.481. The molecule has 1 heterocycles. The highest BCUT2D eigenvalue weighted by Crippen LogP contribution is 2.25. The SMILES string of the molecule is Cc1ccc2nsnc2c1NC(=S)NC(=O)c1ccc(-c2ccccc2)cc1. The summed E-state index contributed by atoms with van der Waals surface area (Å²) < 4.78 is 8.53. The van der Waals surface area contributed by atoms with Gasteiger partial charge in [-0.05, 0) is 54.0 Å². The molecule has 1 aromatic heterocycles. The summed E-state index contributed by atoms with van der Waals surface area (Å²) in [6, 6.07) is 21.3. The van der Waals surface area contributed by atoms with Crippen molar-refractivity contribution < 1.29 is 4.79 Å². The highest BCUT2D eigenvalue weighted by atomic mass is 32.1. The summed E-state index contributed by atoms with van der Waals surface area (Å²) in [6.07, 6.45) is 0. The van der Waals surface area contributed by atoms with E-state index in [9.17, 15) is 4.79 Å². The zero-order valence-corrected chi connectivity index (χ0v) is 16.6. The molecule has 0 spiro atoms. The summed E-state index contributed by atoms with van der Waals surface area (Å²) in [6.45, 7) is 1.95. The maximum atomic E-state index is 12.5. The van der Waals surface area contributed by atoms with Gasteiger partial charge in [0.15, 0.2) is 5.11 Å². The molecule has 28 heavy (non-hydrogen) atoms. The van der Waals surface area contributed by atoms with E-state index in [1.165, 1.54) is 0 Å². The number of aryl methyl sites for hydroxylation is 1. The van der Waals surface area contributed by atoms with Crippen LogP contribution >= 0.6 is 23.9 Å². The van der Waals surface area contributed by atoms with E-state index in [4.69, 9.17) is 12.2 Å². The van der Waals surface area contributed by atoms with Crippen LogP contribution in [0.2, 0.25) is 0 Å². The number of nitrogens with zero attached hydrogens (tertiary/aromatic N) is 2. The molecule has 5 nitrogen and oxygen atoms in total. The molecule has 2 N–H and O–H groups in total. The standard InChI is InChI=1S/C21H16N4OS2/c1-13-7-12-17-19(25-28-24-17)18(13)22-21(27)23-20(26)16-10-8-15(9-11-16)14-5-3-2-4-6-14/h2-12H,1H3,(H2,22,23,26,27). The van der Waals surface area contributed by atoms with Gasteiger partial charge in [-0.1, -0.05) is 48.5 Å². The predicted molar refractivity (Wildman–Crippen MR) is 118 cm³/mol. The van der Waals surface area contributed by atoms with Gasteiger partial charge in [-0.15, -0.1) is 0 Å². The van der Waals surface area contributed by atoms with Gasteiger partial charge in [0.2, 0.25) is 0 Å². The zero-order valence-electron chi connectivity index (χ0n) is 15.0. The summed E-state index contributed by atoms with van der Waals surface area (Å²) in [5.74, 6) is -0.265. The predicted octanol–water partition coefficient (Wildman–Crippen LogP) is 4.79. The fraction of sp³-hybridized carbons (Fsp3) is 0.0476. The number of anilines is 1. The molecule has 0 fully saturated rings. The van der Waals surface area contributed by atoms with Crippen molar-refractivity contribution in [3.05, 3.63) is 77.9 Å². The normalized spacial score (nSPS) is 10.6. The molecule has 0 saturated heterocycles. The molecule has 3 aromatic carbocycles. The van der Waals surface area contributed by atoms with Crippen LogP contribution in [-0.2, 0) is 0 Å². The summed E-state index contributed by atoms with van der Waals surface area (Å²) in [4.78, 5) is 12.5. The number of nitrogens with one attached hydrogen (secondary N) is 2. The third-order valence-electron chi connectivity index (χ3n) is 4.36. The molecule has 1 amide bonds. The van der Waals surface area contributed by atoms with Gasteiger partial charge in [0, 0.05) is 5.56 Å². The molecule has 0 bridgehead atoms. The molecular formula is C21H16N4OS2. The lowest BCUT2D eigenvalue weighted by Gasteiger charge is -2.12. The molecule has 138 valence electrons. The van der Waals surface area contributed by atoms with Crippen LogP contribution in [0, 0.1) is 6.92 Å². The number of hydrogen-bond acceptors (Lipinski definition) is 5. The average molecular weight is 405 g/mol. The molecular weight excluding hydrogens is 388 g/mol. The second-order valence-corrected chi connectivity index (χ2v) is 7.18. The number of aromatic nitrogens is 2. The van der Waals surface area contributed by atoms with E-state index in [0.717, 1.165) is 45.1 Å². The Kier molecular flexibility index (Phi) is 5.10. The fourth-order valence-electron chi connectivity index (χ4n) is 2.87. The Morgan fingerprint density at radius 3 is 2.39 bits per heavy atom. The number of rotatable bonds is 3. The molecule has 7 heteroatoms. The van der Waals surface area contributed by atoms with Crippen molar-refractivity contribution >= 4 is 51.7 Å². The summed E-state index contributed by atoms with van der Waals surface area (Å²) in [7, 11) is 0. The van der Waals surface area contributed by atoms with Crippen LogP contribution in [0.4, 0.5) is 5.69 Å². The van der Waals surface area contributed by atoms with Crippen LogP contribution in [0.15, 0.2) is 66.7 Å². The number of thiocarbonyl (C=S) groups is 1. The van der Waals surface area contributed by atoms with E-state index >= 15 is 0 Å². The first-order chi connectivity index (χ1) is 13.6. The van der Waals surface area contributed by atoms with Crippen molar-refractivity contribution in [2.24, 2.45) is 0 Å². The van der Waals surface area contributed by atoms with Crippen molar-refractivity contribution in [3.63, 3.8) is 0 Å². The summed E-state index contributed by atoms with van der Waals surface area (Å²) in [5, 5.41) is 6.03. The van der Waals surface area contributed by atoms with E-state index < -0.39 is 0 Å². The molecule has 0 saturated carbocycles. The summed E-state index contributed by atoms with van der Waals surface area (Å²) >= 11 is 6.47. The van der Waals surface area contributed by atoms with Crippen molar-refractivity contribution in [1.82, 2.24) is 14.1 Å². The second kappa shape index (κ2) is 7.84. The topological polar surface area (TPSA) is 66.9 Å². The zero-order chi connectivity index (χ0) is 19.5. The van der Waals surface area contributed by atoms with Gasteiger partial charge >= 0.3 is 0 Å². The van der Waals surface area contributed by atoms with Gasteiger partial charge < -0.3 is 5.32 Å².